The zero-order valence-electron chi connectivity index (χ0n) is 23.7. The van der Waals surface area contributed by atoms with Gasteiger partial charge in [0.2, 0.25) is 5.88 Å². The molecule has 0 bridgehead atoms. The van der Waals surface area contributed by atoms with E-state index in [9.17, 15) is 14.0 Å². The lowest BCUT2D eigenvalue weighted by Gasteiger charge is -2.15. The third-order valence-corrected chi connectivity index (χ3v) is 6.93. The first-order valence-electron chi connectivity index (χ1n) is 13.8. The van der Waals surface area contributed by atoms with Crippen LogP contribution in [0.25, 0.3) is 27.7 Å². The number of halogens is 2. The largest absolute Gasteiger partial charge is 0.479 e. The van der Waals surface area contributed by atoms with Gasteiger partial charge in [-0.25, -0.2) is 13.3 Å². The average Bonchev–Trinajstić information content (AvgIpc) is 3.69. The number of hydrogen-bond acceptors (Lipinski definition) is 6. The van der Waals surface area contributed by atoms with Gasteiger partial charge in [-0.3, -0.25) is 19.4 Å². The van der Waals surface area contributed by atoms with Crippen LogP contribution >= 0.6 is 0 Å². The van der Waals surface area contributed by atoms with Crippen molar-refractivity contribution in [1.82, 2.24) is 24.5 Å². The number of pyridine rings is 1. The number of anilines is 1. The third kappa shape index (κ3) is 5.40. The number of hydrogen-bond donors (Lipinski definition) is 2. The quantitative estimate of drug-likeness (QED) is 0.202. The van der Waals surface area contributed by atoms with Crippen molar-refractivity contribution in [2.24, 2.45) is 0 Å². The zero-order chi connectivity index (χ0) is 30.8. The van der Waals surface area contributed by atoms with Crippen LogP contribution in [0.1, 0.15) is 24.2 Å². The third-order valence-electron chi connectivity index (χ3n) is 6.93. The summed E-state index contributed by atoms with van der Waals surface area (Å²) in [5.74, 6) is -1.48. The molecule has 6 aromatic rings. The van der Waals surface area contributed by atoms with Crippen molar-refractivity contribution in [2.45, 2.75) is 20.4 Å². The summed E-state index contributed by atoms with van der Waals surface area (Å²) in [6.45, 7) is 4.67. The summed E-state index contributed by atoms with van der Waals surface area (Å²) in [5.41, 5.74) is 1.84. The van der Waals surface area contributed by atoms with E-state index in [1.807, 2.05) is 17.7 Å². The lowest BCUT2D eigenvalue weighted by atomic mass is 10.1. The van der Waals surface area contributed by atoms with E-state index >= 15 is 4.39 Å². The molecule has 0 aliphatic carbocycles. The van der Waals surface area contributed by atoms with Gasteiger partial charge in [-0.15, -0.1) is 0 Å². The fraction of sp³-hybridized carbons (Fsp3) is 0.125. The van der Waals surface area contributed by atoms with Gasteiger partial charge in [0.15, 0.2) is 11.6 Å². The molecule has 44 heavy (non-hydrogen) atoms. The number of carbonyl (C=O) groups excluding carboxylic acids is 1. The molecule has 0 saturated carbocycles. The molecular formula is C32H26F2N6O4. The number of aryl methyl sites for hydroxylation is 1. The number of aromatic nitrogens is 5. The molecule has 1 amide bonds. The highest BCUT2D eigenvalue weighted by atomic mass is 19.1. The summed E-state index contributed by atoms with van der Waals surface area (Å²) in [4.78, 5) is 26.5. The van der Waals surface area contributed by atoms with Crippen molar-refractivity contribution >= 4 is 22.5 Å². The minimum Gasteiger partial charge on any atom is -0.479 e. The summed E-state index contributed by atoms with van der Waals surface area (Å²) in [6, 6.07) is 15.7. The first-order chi connectivity index (χ1) is 21.4. The second-order valence-corrected chi connectivity index (χ2v) is 9.69. The predicted octanol–water partition coefficient (Wildman–Crippen LogP) is 6.32. The fourth-order valence-corrected chi connectivity index (χ4v) is 4.83. The van der Waals surface area contributed by atoms with Crippen LogP contribution < -0.4 is 20.3 Å². The number of rotatable bonds is 9. The smallest absolute Gasteiger partial charge is 0.270 e. The molecule has 3 heterocycles. The topological polar surface area (TPSA) is 116 Å². The van der Waals surface area contributed by atoms with Crippen molar-refractivity contribution in [1.29, 1.82) is 0 Å². The van der Waals surface area contributed by atoms with Crippen LogP contribution in [0.4, 0.5) is 14.5 Å². The summed E-state index contributed by atoms with van der Waals surface area (Å²) < 4.78 is 43.5. The molecule has 222 valence electrons. The number of amides is 1. The molecule has 10 nitrogen and oxygen atoms in total. The van der Waals surface area contributed by atoms with Crippen LogP contribution in [0.5, 0.6) is 17.4 Å². The first-order valence-corrected chi connectivity index (χ1v) is 13.8. The summed E-state index contributed by atoms with van der Waals surface area (Å²) in [5, 5.41) is 14.6. The monoisotopic (exact) mass is 596 g/mol. The van der Waals surface area contributed by atoms with E-state index in [0.717, 1.165) is 22.5 Å². The van der Waals surface area contributed by atoms with Gasteiger partial charge in [-0.05, 0) is 74.5 Å². The summed E-state index contributed by atoms with van der Waals surface area (Å²) in [7, 11) is 0. The molecule has 0 radical (unpaired) electrons. The van der Waals surface area contributed by atoms with E-state index in [0.29, 0.717) is 23.5 Å². The van der Waals surface area contributed by atoms with Gasteiger partial charge in [-0.1, -0.05) is 0 Å². The van der Waals surface area contributed by atoms with Gasteiger partial charge in [0.25, 0.3) is 11.5 Å². The molecule has 0 aliphatic heterocycles. The van der Waals surface area contributed by atoms with Crippen molar-refractivity contribution in [3.8, 4) is 34.2 Å². The van der Waals surface area contributed by atoms with E-state index < -0.39 is 23.1 Å². The molecule has 6 rings (SSSR count). The van der Waals surface area contributed by atoms with Crippen molar-refractivity contribution < 1.29 is 23.0 Å². The van der Waals surface area contributed by atoms with Crippen LogP contribution in [-0.2, 0) is 6.54 Å². The van der Waals surface area contributed by atoms with Crippen molar-refractivity contribution in [3.05, 3.63) is 113 Å². The Morgan fingerprint density at radius 1 is 0.977 bits per heavy atom. The minimum atomic E-state index is -0.761. The van der Waals surface area contributed by atoms with Gasteiger partial charge in [0.1, 0.15) is 17.1 Å². The van der Waals surface area contributed by atoms with E-state index in [1.54, 1.807) is 31.6 Å². The lowest BCUT2D eigenvalue weighted by molar-refractivity contribution is 0.102. The Hall–Kier alpha value is -5.78. The number of carbonyl (C=O) groups is 1. The number of benzene rings is 3. The maximum Gasteiger partial charge on any atom is 0.270 e. The van der Waals surface area contributed by atoms with Crippen molar-refractivity contribution in [2.75, 3.05) is 11.9 Å². The molecule has 0 unspecified atom stereocenters. The first kappa shape index (κ1) is 28.3. The Balaban J connectivity index is 1.28. The van der Waals surface area contributed by atoms with Crippen LogP contribution in [0.2, 0.25) is 0 Å². The molecule has 3 aromatic heterocycles. The standard InChI is InChI=1S/C32H26F2N6O4/c1-3-39-27-15-25(20-16-35-36-17-20)29(13-19(27)18-37-39)44-28-11-7-22(14-26(28)34)38-31(41)24-10-12-30(43-4-2)40(32(24)42)23-8-5-21(33)6-9-23/h5-18H,3-4H2,1-2H3,(H,35,36)(H,38,41). The van der Waals surface area contributed by atoms with Crippen LogP contribution in [0.3, 0.4) is 0 Å². The lowest BCUT2D eigenvalue weighted by Crippen LogP contribution is -2.29. The predicted molar refractivity (Wildman–Crippen MR) is 161 cm³/mol. The highest BCUT2D eigenvalue weighted by Gasteiger charge is 2.19. The molecule has 0 aliphatic rings. The zero-order valence-corrected chi connectivity index (χ0v) is 23.7. The molecule has 3 aromatic carbocycles. The average molecular weight is 597 g/mol. The molecular weight excluding hydrogens is 570 g/mol. The van der Waals surface area contributed by atoms with E-state index in [2.05, 4.69) is 20.6 Å². The Kier molecular flexibility index (Phi) is 7.63. The fourth-order valence-electron chi connectivity index (χ4n) is 4.83. The summed E-state index contributed by atoms with van der Waals surface area (Å²) in [6.07, 6.45) is 5.06. The normalized spacial score (nSPS) is 11.1. The number of fused-ring (bicyclic) bond motifs is 1. The number of nitrogens with zero attached hydrogens (tertiary/aromatic N) is 4. The number of aromatic amines is 1. The molecule has 0 spiro atoms. The van der Waals surface area contributed by atoms with Crippen LogP contribution in [0, 0.1) is 11.6 Å². The Bertz CT molecular complexity index is 2040. The number of ether oxygens (including phenoxy) is 2. The van der Waals surface area contributed by atoms with Crippen LogP contribution in [0.15, 0.2) is 90.1 Å². The van der Waals surface area contributed by atoms with Gasteiger partial charge in [0.05, 0.1) is 30.2 Å². The maximum absolute atomic E-state index is 15.3. The highest BCUT2D eigenvalue weighted by Crippen LogP contribution is 2.38. The Labute approximate surface area is 249 Å². The van der Waals surface area contributed by atoms with E-state index in [1.165, 1.54) is 53.1 Å². The number of H-pyrrole nitrogens is 1. The molecule has 2 N–H and O–H groups in total. The molecule has 0 saturated heterocycles. The second kappa shape index (κ2) is 11.8. The molecule has 0 atom stereocenters. The Morgan fingerprint density at radius 2 is 1.80 bits per heavy atom. The van der Waals surface area contributed by atoms with Crippen LogP contribution in [-0.4, -0.2) is 37.1 Å². The van der Waals surface area contributed by atoms with E-state index in [-0.39, 0.29) is 29.5 Å². The van der Waals surface area contributed by atoms with Gasteiger partial charge in [-0.2, -0.15) is 10.2 Å². The van der Waals surface area contributed by atoms with Gasteiger partial charge >= 0.3 is 0 Å². The summed E-state index contributed by atoms with van der Waals surface area (Å²) >= 11 is 0. The van der Waals surface area contributed by atoms with E-state index in [4.69, 9.17) is 9.47 Å². The van der Waals surface area contributed by atoms with Gasteiger partial charge in [0, 0.05) is 41.0 Å². The molecule has 0 fully saturated rings. The van der Waals surface area contributed by atoms with Crippen molar-refractivity contribution in [3.63, 3.8) is 0 Å². The SMILES string of the molecule is CCOc1ccc(C(=O)Nc2ccc(Oc3cc4cnn(CC)c4cc3-c3cn[nH]c3)c(F)c2)c(=O)n1-c1ccc(F)cc1. The molecule has 12 heteroatoms. The maximum atomic E-state index is 15.3. The highest BCUT2D eigenvalue weighted by molar-refractivity contribution is 6.04. The number of nitrogens with one attached hydrogen (secondary N) is 2. The minimum absolute atomic E-state index is 0.0743. The second-order valence-electron chi connectivity index (χ2n) is 9.69. The Morgan fingerprint density at radius 3 is 2.50 bits per heavy atom. The van der Waals surface area contributed by atoms with Gasteiger partial charge < -0.3 is 14.8 Å².